The van der Waals surface area contributed by atoms with E-state index in [1.807, 2.05) is 0 Å². The largest absolute Gasteiger partial charge is 0.481 e. The maximum Gasteiger partial charge on any atom is 0.307 e. The van der Waals surface area contributed by atoms with Gasteiger partial charge in [-0.2, -0.15) is 0 Å². The van der Waals surface area contributed by atoms with Gasteiger partial charge in [0.25, 0.3) is 12.0 Å². The molecule has 16 heavy (non-hydrogen) atoms. The summed E-state index contributed by atoms with van der Waals surface area (Å²) in [4.78, 5) is 23.8. The fourth-order valence-corrected chi connectivity index (χ4v) is 1.42. The van der Waals surface area contributed by atoms with Crippen molar-refractivity contribution in [3.05, 3.63) is 33.2 Å². The third-order valence-corrected chi connectivity index (χ3v) is 2.09. The van der Waals surface area contributed by atoms with Crippen LogP contribution in [0.1, 0.15) is 23.1 Å². The van der Waals surface area contributed by atoms with Crippen molar-refractivity contribution in [1.29, 1.82) is 0 Å². The van der Waals surface area contributed by atoms with E-state index in [2.05, 4.69) is 4.98 Å². The fourth-order valence-electron chi connectivity index (χ4n) is 1.42. The van der Waals surface area contributed by atoms with Crippen LogP contribution in [0.15, 0.2) is 11.0 Å². The van der Waals surface area contributed by atoms with Crippen molar-refractivity contribution in [1.82, 2.24) is 4.98 Å². The van der Waals surface area contributed by atoms with Crippen molar-refractivity contribution in [2.75, 3.05) is 0 Å². The van der Waals surface area contributed by atoms with Crippen LogP contribution in [0.2, 0.25) is 0 Å². The first-order valence-corrected chi connectivity index (χ1v) is 4.40. The lowest BCUT2D eigenvalue weighted by molar-refractivity contribution is -0.136. The van der Waals surface area contributed by atoms with Gasteiger partial charge in [-0.3, -0.25) is 9.59 Å². The molecule has 0 saturated carbocycles. The number of aliphatic carboxylic acids is 1. The Morgan fingerprint density at radius 3 is 2.62 bits per heavy atom. The minimum Gasteiger partial charge on any atom is -0.481 e. The third-order valence-electron chi connectivity index (χ3n) is 2.09. The number of halogens is 2. The summed E-state index contributed by atoms with van der Waals surface area (Å²) in [7, 11) is 0. The van der Waals surface area contributed by atoms with Crippen LogP contribution < -0.4 is 11.3 Å². The van der Waals surface area contributed by atoms with Crippen LogP contribution in [0.3, 0.4) is 0 Å². The molecule has 1 heterocycles. The summed E-state index contributed by atoms with van der Waals surface area (Å²) >= 11 is 0. The highest BCUT2D eigenvalue weighted by Gasteiger charge is 2.21. The smallest absolute Gasteiger partial charge is 0.307 e. The molecule has 0 aliphatic rings. The second-order valence-corrected chi connectivity index (χ2v) is 3.11. The number of nitrogens with two attached hydrogens (primary N) is 1. The molecule has 0 fully saturated rings. The predicted octanol–water partition coefficient (Wildman–Crippen LogP) is 0.398. The number of aromatic nitrogens is 1. The van der Waals surface area contributed by atoms with E-state index in [4.69, 9.17) is 10.8 Å². The monoisotopic (exact) mass is 232 g/mol. The van der Waals surface area contributed by atoms with Gasteiger partial charge in [-0.05, 0) is 5.56 Å². The number of aromatic amines is 1. The van der Waals surface area contributed by atoms with E-state index < -0.39 is 29.9 Å². The lowest BCUT2D eigenvalue weighted by Crippen LogP contribution is -2.21. The van der Waals surface area contributed by atoms with Crippen LogP contribution in [0.25, 0.3) is 0 Å². The fraction of sp³-hybridized carbons (Fsp3) is 0.333. The Bertz CT molecular complexity index is 457. The van der Waals surface area contributed by atoms with E-state index >= 15 is 0 Å². The zero-order chi connectivity index (χ0) is 12.3. The summed E-state index contributed by atoms with van der Waals surface area (Å²) in [5.41, 5.74) is 3.50. The first-order valence-electron chi connectivity index (χ1n) is 4.40. The van der Waals surface area contributed by atoms with Gasteiger partial charge in [-0.25, -0.2) is 8.78 Å². The standard InChI is InChI=1S/C9H10F2N2O3/c10-8(11)7-4(1-6(14)15)3-13-9(16)5(7)2-12/h3,8H,1-2,12H2,(H,13,16)(H,14,15). The molecule has 0 bridgehead atoms. The number of carbonyl (C=O) groups is 1. The number of carboxylic acids is 1. The highest BCUT2D eigenvalue weighted by atomic mass is 19.3. The first kappa shape index (κ1) is 12.3. The summed E-state index contributed by atoms with van der Waals surface area (Å²) in [6, 6.07) is 0. The highest BCUT2D eigenvalue weighted by Crippen LogP contribution is 2.24. The normalized spacial score (nSPS) is 10.8. The van der Waals surface area contributed by atoms with Gasteiger partial charge in [0.05, 0.1) is 6.42 Å². The molecule has 0 unspecified atom stereocenters. The predicted molar refractivity (Wildman–Crippen MR) is 51.3 cm³/mol. The number of H-pyrrole nitrogens is 1. The number of pyridine rings is 1. The van der Waals surface area contributed by atoms with Crippen molar-refractivity contribution in [2.24, 2.45) is 5.73 Å². The quantitative estimate of drug-likeness (QED) is 0.700. The van der Waals surface area contributed by atoms with Crippen LogP contribution in [0.4, 0.5) is 8.78 Å². The topological polar surface area (TPSA) is 96.2 Å². The molecule has 0 atom stereocenters. The maximum atomic E-state index is 12.7. The minimum atomic E-state index is -2.92. The van der Waals surface area contributed by atoms with Gasteiger partial charge in [0.15, 0.2) is 0 Å². The van der Waals surface area contributed by atoms with Gasteiger partial charge < -0.3 is 15.8 Å². The van der Waals surface area contributed by atoms with Crippen molar-refractivity contribution in [3.8, 4) is 0 Å². The van der Waals surface area contributed by atoms with Gasteiger partial charge in [0.1, 0.15) is 0 Å². The molecule has 1 aromatic rings. The lowest BCUT2D eigenvalue weighted by atomic mass is 10.0. The first-order chi connectivity index (χ1) is 7.47. The summed E-state index contributed by atoms with van der Waals surface area (Å²) in [6.07, 6.45) is -2.52. The Labute approximate surface area is 88.9 Å². The molecule has 0 aliphatic carbocycles. The molecule has 0 radical (unpaired) electrons. The van der Waals surface area contributed by atoms with Crippen LogP contribution >= 0.6 is 0 Å². The summed E-state index contributed by atoms with van der Waals surface area (Å²) in [5, 5.41) is 8.54. The second kappa shape index (κ2) is 4.84. The maximum absolute atomic E-state index is 12.7. The number of hydrogen-bond acceptors (Lipinski definition) is 3. The van der Waals surface area contributed by atoms with Gasteiger partial charge in [-0.1, -0.05) is 0 Å². The molecule has 0 aromatic carbocycles. The van der Waals surface area contributed by atoms with Gasteiger partial charge in [0.2, 0.25) is 0 Å². The molecular formula is C9H10F2N2O3. The average molecular weight is 232 g/mol. The van der Waals surface area contributed by atoms with Gasteiger partial charge in [-0.15, -0.1) is 0 Å². The minimum absolute atomic E-state index is 0.123. The van der Waals surface area contributed by atoms with Crippen molar-refractivity contribution < 1.29 is 18.7 Å². The third kappa shape index (κ3) is 2.43. The molecule has 0 amide bonds. The van der Waals surface area contributed by atoms with E-state index in [0.717, 1.165) is 6.20 Å². The lowest BCUT2D eigenvalue weighted by Gasteiger charge is -2.10. The van der Waals surface area contributed by atoms with Gasteiger partial charge >= 0.3 is 5.97 Å². The molecule has 1 rings (SSSR count). The Hall–Kier alpha value is -1.76. The summed E-state index contributed by atoms with van der Waals surface area (Å²) in [6.45, 7) is -0.359. The van der Waals surface area contributed by atoms with E-state index in [1.165, 1.54) is 0 Å². The Morgan fingerprint density at radius 1 is 1.56 bits per heavy atom. The molecule has 5 nitrogen and oxygen atoms in total. The molecular weight excluding hydrogens is 222 g/mol. The van der Waals surface area contributed by atoms with Crippen LogP contribution in [0.5, 0.6) is 0 Å². The van der Waals surface area contributed by atoms with Crippen LogP contribution in [-0.4, -0.2) is 16.1 Å². The zero-order valence-electron chi connectivity index (χ0n) is 8.17. The zero-order valence-corrected chi connectivity index (χ0v) is 8.17. The molecule has 88 valence electrons. The highest BCUT2D eigenvalue weighted by molar-refractivity contribution is 5.70. The van der Waals surface area contributed by atoms with Gasteiger partial charge in [0, 0.05) is 23.9 Å². The number of carboxylic acid groups (broad SMARTS) is 1. The van der Waals surface area contributed by atoms with Crippen molar-refractivity contribution >= 4 is 5.97 Å². The molecule has 0 saturated heterocycles. The van der Waals surface area contributed by atoms with E-state index in [9.17, 15) is 18.4 Å². The summed E-state index contributed by atoms with van der Waals surface area (Å²) < 4.78 is 25.4. The molecule has 1 aromatic heterocycles. The Kier molecular flexibility index (Phi) is 3.73. The average Bonchev–Trinajstić information content (AvgIpc) is 2.18. The number of alkyl halides is 2. The Morgan fingerprint density at radius 2 is 2.19 bits per heavy atom. The van der Waals surface area contributed by atoms with E-state index in [-0.39, 0.29) is 17.7 Å². The van der Waals surface area contributed by atoms with Crippen LogP contribution in [-0.2, 0) is 17.8 Å². The van der Waals surface area contributed by atoms with Crippen molar-refractivity contribution in [3.63, 3.8) is 0 Å². The Balaban J connectivity index is 3.38. The molecule has 4 N–H and O–H groups in total. The molecule has 0 aliphatic heterocycles. The SMILES string of the molecule is NCc1c(C(F)F)c(CC(=O)O)c[nH]c1=O. The summed E-state index contributed by atoms with van der Waals surface area (Å²) in [5.74, 6) is -1.25. The second-order valence-electron chi connectivity index (χ2n) is 3.11. The van der Waals surface area contributed by atoms with Crippen LogP contribution in [0, 0.1) is 0 Å². The number of hydrogen-bond donors (Lipinski definition) is 3. The van der Waals surface area contributed by atoms with E-state index in [1.54, 1.807) is 0 Å². The number of rotatable bonds is 4. The van der Waals surface area contributed by atoms with Crippen molar-refractivity contribution in [2.45, 2.75) is 19.4 Å². The van der Waals surface area contributed by atoms with E-state index in [0.29, 0.717) is 0 Å². The molecule has 0 spiro atoms. The molecule has 7 heteroatoms. The number of nitrogens with one attached hydrogen (secondary N) is 1.